The van der Waals surface area contributed by atoms with Crippen LogP contribution in [0, 0.1) is 5.82 Å². The number of nitrogen functional groups attached to an aromatic ring is 1. The van der Waals surface area contributed by atoms with Crippen molar-refractivity contribution in [2.75, 3.05) is 12.3 Å². The third-order valence-corrected chi connectivity index (χ3v) is 5.33. The maximum Gasteiger partial charge on any atom is 0.243 e. The van der Waals surface area contributed by atoms with Crippen LogP contribution in [0.15, 0.2) is 23.1 Å². The van der Waals surface area contributed by atoms with Gasteiger partial charge in [-0.3, -0.25) is 0 Å². The van der Waals surface area contributed by atoms with Gasteiger partial charge in [-0.2, -0.15) is 4.31 Å². The maximum atomic E-state index is 13.1. The summed E-state index contributed by atoms with van der Waals surface area (Å²) in [7, 11) is -3.56. The molecule has 1 aliphatic heterocycles. The van der Waals surface area contributed by atoms with Gasteiger partial charge in [0.25, 0.3) is 0 Å². The molecule has 2 N–H and O–H groups in total. The Morgan fingerprint density at radius 2 is 2.11 bits per heavy atom. The van der Waals surface area contributed by atoms with E-state index in [1.165, 1.54) is 16.4 Å². The summed E-state index contributed by atoms with van der Waals surface area (Å²) in [6, 6.07) is 3.53. The summed E-state index contributed by atoms with van der Waals surface area (Å²) in [6.45, 7) is 2.41. The lowest BCUT2D eigenvalue weighted by Gasteiger charge is -2.32. The van der Waals surface area contributed by atoms with Gasteiger partial charge in [0.15, 0.2) is 0 Å². The van der Waals surface area contributed by atoms with Crippen LogP contribution in [0.1, 0.15) is 26.2 Å². The van der Waals surface area contributed by atoms with E-state index in [0.717, 1.165) is 25.3 Å². The Hall–Kier alpha value is -1.14. The summed E-state index contributed by atoms with van der Waals surface area (Å²) < 4.78 is 39.4. The first kappa shape index (κ1) is 13.3. The first-order valence-corrected chi connectivity index (χ1v) is 7.44. The Balaban J connectivity index is 2.37. The quantitative estimate of drug-likeness (QED) is 0.837. The van der Waals surface area contributed by atoms with Crippen LogP contribution in [-0.2, 0) is 10.0 Å². The smallest absolute Gasteiger partial charge is 0.243 e. The average molecular weight is 272 g/mol. The number of rotatable bonds is 2. The number of hydrogen-bond acceptors (Lipinski definition) is 3. The van der Waals surface area contributed by atoms with Crippen LogP contribution in [0.25, 0.3) is 0 Å². The molecule has 6 heteroatoms. The number of halogens is 1. The molecule has 1 heterocycles. The zero-order chi connectivity index (χ0) is 13.3. The molecule has 1 atom stereocenters. The molecule has 0 bridgehead atoms. The molecule has 100 valence electrons. The normalized spacial score (nSPS) is 22.0. The van der Waals surface area contributed by atoms with E-state index in [0.29, 0.717) is 6.54 Å². The average Bonchev–Trinajstić information content (AvgIpc) is 2.33. The lowest BCUT2D eigenvalue weighted by atomic mass is 10.1. The van der Waals surface area contributed by atoms with Gasteiger partial charge in [-0.25, -0.2) is 12.8 Å². The van der Waals surface area contributed by atoms with Crippen LogP contribution in [0.2, 0.25) is 0 Å². The number of sulfonamides is 1. The van der Waals surface area contributed by atoms with Crippen LogP contribution in [-0.4, -0.2) is 25.3 Å². The molecule has 1 saturated heterocycles. The van der Waals surface area contributed by atoms with E-state index in [4.69, 9.17) is 5.73 Å². The molecule has 18 heavy (non-hydrogen) atoms. The number of anilines is 1. The second-order valence-electron chi connectivity index (χ2n) is 4.64. The Morgan fingerprint density at radius 3 is 2.72 bits per heavy atom. The third kappa shape index (κ3) is 2.35. The van der Waals surface area contributed by atoms with Crippen molar-refractivity contribution in [1.29, 1.82) is 0 Å². The highest BCUT2D eigenvalue weighted by Gasteiger charge is 2.31. The molecular weight excluding hydrogens is 255 g/mol. The van der Waals surface area contributed by atoms with E-state index >= 15 is 0 Å². The number of hydrogen-bond donors (Lipinski definition) is 1. The number of piperidine rings is 1. The van der Waals surface area contributed by atoms with Crippen molar-refractivity contribution in [3.63, 3.8) is 0 Å². The Morgan fingerprint density at radius 1 is 1.39 bits per heavy atom. The molecule has 0 amide bonds. The van der Waals surface area contributed by atoms with Crippen LogP contribution >= 0.6 is 0 Å². The largest absolute Gasteiger partial charge is 0.396 e. The van der Waals surface area contributed by atoms with E-state index in [9.17, 15) is 12.8 Å². The second-order valence-corrected chi connectivity index (χ2v) is 6.53. The fourth-order valence-corrected chi connectivity index (χ4v) is 3.98. The molecule has 1 unspecified atom stereocenters. The lowest BCUT2D eigenvalue weighted by molar-refractivity contribution is 0.268. The summed E-state index contributed by atoms with van der Waals surface area (Å²) >= 11 is 0. The predicted molar refractivity (Wildman–Crippen MR) is 68.0 cm³/mol. The molecule has 0 aromatic heterocycles. The van der Waals surface area contributed by atoms with Crippen molar-refractivity contribution in [1.82, 2.24) is 4.31 Å². The fourth-order valence-electron chi connectivity index (χ4n) is 2.25. The molecule has 1 aliphatic rings. The Labute approximate surface area is 107 Å². The molecular formula is C12H17FN2O2S. The summed E-state index contributed by atoms with van der Waals surface area (Å²) in [5, 5.41) is 0. The molecule has 1 aromatic carbocycles. The molecule has 0 aliphatic carbocycles. The first-order valence-electron chi connectivity index (χ1n) is 6.00. The van der Waals surface area contributed by atoms with Crippen molar-refractivity contribution >= 4 is 15.7 Å². The number of benzene rings is 1. The van der Waals surface area contributed by atoms with Gasteiger partial charge in [0.1, 0.15) is 5.82 Å². The van der Waals surface area contributed by atoms with Crippen LogP contribution in [0.4, 0.5) is 10.1 Å². The molecule has 0 radical (unpaired) electrons. The van der Waals surface area contributed by atoms with Gasteiger partial charge in [-0.1, -0.05) is 6.42 Å². The van der Waals surface area contributed by atoms with Crippen molar-refractivity contribution in [3.8, 4) is 0 Å². The van der Waals surface area contributed by atoms with Gasteiger partial charge >= 0.3 is 0 Å². The van der Waals surface area contributed by atoms with Crippen LogP contribution < -0.4 is 5.73 Å². The predicted octanol–water partition coefficient (Wildman–Crippen LogP) is 1.97. The number of nitrogens with two attached hydrogens (primary N) is 1. The second kappa shape index (κ2) is 4.85. The van der Waals surface area contributed by atoms with E-state index in [1.807, 2.05) is 6.92 Å². The highest BCUT2D eigenvalue weighted by Crippen LogP contribution is 2.26. The molecule has 4 nitrogen and oxygen atoms in total. The van der Waals surface area contributed by atoms with Gasteiger partial charge in [0, 0.05) is 12.6 Å². The minimum absolute atomic E-state index is 0.0185. The third-order valence-electron chi connectivity index (χ3n) is 3.32. The minimum Gasteiger partial charge on any atom is -0.396 e. The summed E-state index contributed by atoms with van der Waals surface area (Å²) in [4.78, 5) is 0.0650. The standard InChI is InChI=1S/C12H17FN2O2S/c1-9-4-2-3-7-15(9)18(16,17)10-5-6-11(13)12(14)8-10/h5-6,8-9H,2-4,7,14H2,1H3. The van der Waals surface area contributed by atoms with Crippen LogP contribution in [0.3, 0.4) is 0 Å². The van der Waals surface area contributed by atoms with E-state index in [-0.39, 0.29) is 16.6 Å². The van der Waals surface area contributed by atoms with Gasteiger partial charge in [-0.15, -0.1) is 0 Å². The topological polar surface area (TPSA) is 63.4 Å². The monoisotopic (exact) mass is 272 g/mol. The summed E-state index contributed by atoms with van der Waals surface area (Å²) in [5.41, 5.74) is 5.29. The SMILES string of the molecule is CC1CCCCN1S(=O)(=O)c1ccc(F)c(N)c1. The van der Waals surface area contributed by atoms with Crippen molar-refractivity contribution in [2.24, 2.45) is 0 Å². The Kier molecular flexibility index (Phi) is 3.59. The summed E-state index contributed by atoms with van der Waals surface area (Å²) in [6.07, 6.45) is 2.76. The van der Waals surface area contributed by atoms with Crippen molar-refractivity contribution in [3.05, 3.63) is 24.0 Å². The lowest BCUT2D eigenvalue weighted by Crippen LogP contribution is -2.41. The van der Waals surface area contributed by atoms with E-state index in [1.54, 1.807) is 0 Å². The Bertz CT molecular complexity index is 545. The molecule has 1 fully saturated rings. The molecule has 1 aromatic rings. The first-order chi connectivity index (χ1) is 8.43. The fraction of sp³-hybridized carbons (Fsp3) is 0.500. The number of nitrogens with zero attached hydrogens (tertiary/aromatic N) is 1. The van der Waals surface area contributed by atoms with Gasteiger partial charge in [0.05, 0.1) is 10.6 Å². The maximum absolute atomic E-state index is 13.1. The van der Waals surface area contributed by atoms with Gasteiger partial charge < -0.3 is 5.73 Å². The van der Waals surface area contributed by atoms with Crippen molar-refractivity contribution < 1.29 is 12.8 Å². The van der Waals surface area contributed by atoms with Crippen LogP contribution in [0.5, 0.6) is 0 Å². The zero-order valence-electron chi connectivity index (χ0n) is 10.3. The zero-order valence-corrected chi connectivity index (χ0v) is 11.1. The van der Waals surface area contributed by atoms with E-state index in [2.05, 4.69) is 0 Å². The highest BCUT2D eigenvalue weighted by atomic mass is 32.2. The van der Waals surface area contributed by atoms with Gasteiger partial charge in [0.2, 0.25) is 10.0 Å². The summed E-state index contributed by atoms with van der Waals surface area (Å²) in [5.74, 6) is -0.597. The minimum atomic E-state index is -3.56. The van der Waals surface area contributed by atoms with Gasteiger partial charge in [-0.05, 0) is 38.0 Å². The molecule has 0 saturated carbocycles. The van der Waals surface area contributed by atoms with Crippen molar-refractivity contribution in [2.45, 2.75) is 37.1 Å². The molecule has 0 spiro atoms. The molecule has 2 rings (SSSR count). The van der Waals surface area contributed by atoms with E-state index < -0.39 is 15.8 Å². The highest BCUT2D eigenvalue weighted by molar-refractivity contribution is 7.89.